The van der Waals surface area contributed by atoms with E-state index in [0.717, 1.165) is 0 Å². The van der Waals surface area contributed by atoms with Gasteiger partial charge in [0.2, 0.25) is 0 Å². The highest BCUT2D eigenvalue weighted by molar-refractivity contribution is 5.89. The number of nitrogens with two attached hydrogens (primary N) is 2. The highest BCUT2D eigenvalue weighted by atomic mass is 16.4. The van der Waals surface area contributed by atoms with Crippen molar-refractivity contribution < 1.29 is 30.2 Å². The predicted molar refractivity (Wildman–Crippen MR) is 47.2 cm³/mol. The Morgan fingerprint density at radius 3 is 2.07 bits per heavy atom. The Morgan fingerprint density at radius 1 is 1.07 bits per heavy atom. The lowest BCUT2D eigenvalue weighted by Crippen LogP contribution is -2.92. The first-order valence-electron chi connectivity index (χ1n) is 4.26. The molecule has 0 radical (unpaired) electrons. The molecule has 0 aromatic heterocycles. The summed E-state index contributed by atoms with van der Waals surface area (Å²) in [6, 6.07) is -1.24. The van der Waals surface area contributed by atoms with Gasteiger partial charge in [-0.2, -0.15) is 0 Å². The Morgan fingerprint density at radius 2 is 1.60 bits per heavy atom. The molecule has 0 saturated heterocycles. The van der Waals surface area contributed by atoms with Crippen LogP contribution in [-0.4, -0.2) is 62.6 Å². The maximum atomic E-state index is 11.2. The van der Waals surface area contributed by atoms with E-state index >= 15 is 0 Å². The molecule has 0 aromatic rings. The smallest absolute Gasteiger partial charge is 0.339 e. The zero-order valence-electron chi connectivity index (χ0n) is 7.74. The van der Waals surface area contributed by atoms with Gasteiger partial charge in [0.25, 0.3) is 0 Å². The third kappa shape index (κ3) is 2.07. The van der Waals surface area contributed by atoms with Crippen molar-refractivity contribution in [3.63, 3.8) is 0 Å². The molecule has 86 valence electrons. The quantitative estimate of drug-likeness (QED) is 0.170. The normalized spacial score (nSPS) is 41.3. The number of aliphatic hydroxyl groups is 4. The number of nitrogens with one attached hydrogen (secondary N) is 1. The number of hydrogen-bond donors (Lipinski definition) is 7. The number of rotatable bonds is 1. The molecule has 0 heterocycles. The first kappa shape index (κ1) is 11.9. The summed E-state index contributed by atoms with van der Waals surface area (Å²) >= 11 is 0. The van der Waals surface area contributed by atoms with Crippen LogP contribution in [0.1, 0.15) is 0 Å². The number of carbonyl (C=O) groups excluding carboxylic acids is 1. The summed E-state index contributed by atoms with van der Waals surface area (Å²) in [4.78, 5) is 13.4. The maximum absolute atomic E-state index is 11.2. The molecule has 1 saturated carbocycles. The second kappa shape index (κ2) is 4.11. The molecule has 8 heteroatoms. The van der Waals surface area contributed by atoms with E-state index in [-0.39, 0.29) is 5.96 Å². The Bertz CT molecular complexity index is 290. The molecule has 0 amide bonds. The molecule has 0 spiro atoms. The van der Waals surface area contributed by atoms with Crippen molar-refractivity contribution in [1.29, 1.82) is 0 Å². The lowest BCUT2D eigenvalue weighted by atomic mass is 9.85. The molecule has 0 unspecified atom stereocenters. The first-order valence-corrected chi connectivity index (χ1v) is 4.26. The molecule has 0 bridgehead atoms. The predicted octanol–water partition coefficient (Wildman–Crippen LogP) is -6.26. The van der Waals surface area contributed by atoms with Crippen molar-refractivity contribution in [2.75, 3.05) is 0 Å². The monoisotopic (exact) mass is 220 g/mol. The van der Waals surface area contributed by atoms with Gasteiger partial charge >= 0.3 is 5.96 Å². The summed E-state index contributed by atoms with van der Waals surface area (Å²) in [5.74, 6) is -1.30. The summed E-state index contributed by atoms with van der Waals surface area (Å²) in [5.41, 5.74) is 10.2. The van der Waals surface area contributed by atoms with Crippen molar-refractivity contribution in [2.45, 2.75) is 30.5 Å². The average Bonchev–Trinajstić information content (AvgIpc) is 2.18. The molecule has 1 aliphatic rings. The van der Waals surface area contributed by atoms with Crippen molar-refractivity contribution >= 4 is 11.7 Å². The van der Waals surface area contributed by atoms with Gasteiger partial charge in [-0.25, -0.2) is 0 Å². The SMILES string of the molecule is NC(N)=[NH+][C@@H]1[C@@H](O)[C@H](O)[C@@H](O)C(=O)[C@H]1O. The van der Waals surface area contributed by atoms with E-state index in [1.54, 1.807) is 0 Å². The van der Waals surface area contributed by atoms with Crippen LogP contribution in [0.5, 0.6) is 0 Å². The minimum atomic E-state index is -1.81. The van der Waals surface area contributed by atoms with Gasteiger partial charge < -0.3 is 20.4 Å². The summed E-state index contributed by atoms with van der Waals surface area (Å²) < 4.78 is 0. The Hall–Kier alpha value is -1.22. The van der Waals surface area contributed by atoms with E-state index in [2.05, 4.69) is 4.99 Å². The molecular formula is C7H14N3O5+. The van der Waals surface area contributed by atoms with Gasteiger partial charge in [0.15, 0.2) is 11.9 Å². The van der Waals surface area contributed by atoms with E-state index in [1.807, 2.05) is 0 Å². The standard InChI is InChI=1S/C7H13N3O5/c8-7(9)10-1-2(11)4(13)6(15)5(14)3(1)12/h1-4,6,11-13,15H,(H4,8,9,10)/p+1/t1-,2-,3+,4+,6-/m1/s1. The molecule has 1 fully saturated rings. The minimum absolute atomic E-state index is 0.311. The topological polar surface area (TPSA) is 164 Å². The molecule has 8 nitrogen and oxygen atoms in total. The fraction of sp³-hybridized carbons (Fsp3) is 0.714. The number of carbonyl (C=O) groups is 1. The number of ketones is 1. The molecule has 0 aromatic carbocycles. The number of guanidine groups is 1. The van der Waals surface area contributed by atoms with E-state index in [9.17, 15) is 20.1 Å². The third-order valence-electron chi connectivity index (χ3n) is 2.30. The van der Waals surface area contributed by atoms with Crippen LogP contribution in [0, 0.1) is 0 Å². The largest absolute Gasteiger partial charge is 0.387 e. The second-order valence-electron chi connectivity index (χ2n) is 3.40. The van der Waals surface area contributed by atoms with Gasteiger partial charge in [0.05, 0.1) is 0 Å². The van der Waals surface area contributed by atoms with Crippen LogP contribution in [0.3, 0.4) is 0 Å². The van der Waals surface area contributed by atoms with Gasteiger partial charge in [-0.1, -0.05) is 0 Å². The van der Waals surface area contributed by atoms with Crippen molar-refractivity contribution in [3.8, 4) is 0 Å². The zero-order chi connectivity index (χ0) is 11.7. The Balaban J connectivity index is 2.97. The summed E-state index contributed by atoms with van der Waals surface area (Å²) in [6.45, 7) is 0. The third-order valence-corrected chi connectivity index (χ3v) is 2.30. The molecule has 5 atom stereocenters. The van der Waals surface area contributed by atoms with Crippen LogP contribution in [0.4, 0.5) is 0 Å². The second-order valence-corrected chi connectivity index (χ2v) is 3.40. The number of hydrogen-bond acceptors (Lipinski definition) is 5. The molecule has 0 aliphatic heterocycles. The summed E-state index contributed by atoms with van der Waals surface area (Å²) in [5, 5.41) is 37.2. The minimum Gasteiger partial charge on any atom is -0.387 e. The van der Waals surface area contributed by atoms with Gasteiger partial charge in [0, 0.05) is 0 Å². The van der Waals surface area contributed by atoms with Gasteiger partial charge in [-0.3, -0.25) is 21.3 Å². The van der Waals surface area contributed by atoms with Crippen LogP contribution < -0.4 is 16.5 Å². The fourth-order valence-electron chi connectivity index (χ4n) is 1.46. The summed E-state index contributed by atoms with van der Waals surface area (Å²) in [7, 11) is 0. The van der Waals surface area contributed by atoms with E-state index in [0.29, 0.717) is 0 Å². The van der Waals surface area contributed by atoms with E-state index in [4.69, 9.17) is 16.6 Å². The Kier molecular flexibility index (Phi) is 3.25. The van der Waals surface area contributed by atoms with Gasteiger partial charge in [-0.15, -0.1) is 0 Å². The maximum Gasteiger partial charge on any atom is 0.339 e. The molecule has 1 rings (SSSR count). The van der Waals surface area contributed by atoms with Crippen LogP contribution in [-0.2, 0) is 4.79 Å². The molecule has 1 aliphatic carbocycles. The number of aliphatic hydroxyl groups excluding tert-OH is 4. The summed E-state index contributed by atoms with van der Waals surface area (Å²) in [6.07, 6.45) is -6.72. The van der Waals surface area contributed by atoms with Crippen LogP contribution in [0.25, 0.3) is 0 Å². The van der Waals surface area contributed by atoms with Crippen LogP contribution in [0.2, 0.25) is 0 Å². The molecular weight excluding hydrogens is 206 g/mol. The van der Waals surface area contributed by atoms with Crippen molar-refractivity contribution in [1.82, 2.24) is 0 Å². The molecule has 15 heavy (non-hydrogen) atoms. The van der Waals surface area contributed by atoms with E-state index in [1.165, 1.54) is 0 Å². The van der Waals surface area contributed by atoms with Crippen LogP contribution >= 0.6 is 0 Å². The van der Waals surface area contributed by atoms with E-state index < -0.39 is 36.2 Å². The average molecular weight is 220 g/mol. The van der Waals surface area contributed by atoms with Crippen molar-refractivity contribution in [2.24, 2.45) is 11.5 Å². The molecule has 9 N–H and O–H groups in total. The zero-order valence-corrected chi connectivity index (χ0v) is 7.74. The first-order chi connectivity index (χ1) is 6.86. The van der Waals surface area contributed by atoms with Gasteiger partial charge in [-0.05, 0) is 0 Å². The number of Topliss-reactive ketones (excluding diaryl/α,β-unsaturated/α-hetero) is 1. The lowest BCUT2D eigenvalue weighted by molar-refractivity contribution is -0.534. The highest BCUT2D eigenvalue weighted by Crippen LogP contribution is 2.15. The van der Waals surface area contributed by atoms with Crippen molar-refractivity contribution in [3.05, 3.63) is 0 Å². The van der Waals surface area contributed by atoms with Gasteiger partial charge in [0.1, 0.15) is 24.4 Å². The lowest BCUT2D eigenvalue weighted by Gasteiger charge is -2.34. The highest BCUT2D eigenvalue weighted by Gasteiger charge is 2.48. The van der Waals surface area contributed by atoms with Crippen LogP contribution in [0.15, 0.2) is 0 Å². The fourth-order valence-corrected chi connectivity index (χ4v) is 1.46. The Labute approximate surface area is 84.8 Å².